The summed E-state index contributed by atoms with van der Waals surface area (Å²) in [6.45, 7) is 5.21. The highest BCUT2D eigenvalue weighted by molar-refractivity contribution is 6.00. The first-order valence-electron chi connectivity index (χ1n) is 10.1. The number of aromatic nitrogens is 2. The van der Waals surface area contributed by atoms with Gasteiger partial charge in [-0.25, -0.2) is 4.79 Å². The van der Waals surface area contributed by atoms with Crippen LogP contribution in [0.15, 0.2) is 22.2 Å². The normalized spacial score (nSPS) is 14.9. The van der Waals surface area contributed by atoms with Gasteiger partial charge in [-0.3, -0.25) is 4.79 Å². The molecular formula is C22H26N4O4. The predicted molar refractivity (Wildman–Crippen MR) is 110 cm³/mol. The first-order chi connectivity index (χ1) is 14.4. The van der Waals surface area contributed by atoms with Crippen LogP contribution in [0.1, 0.15) is 60.9 Å². The zero-order chi connectivity index (χ0) is 21.7. The summed E-state index contributed by atoms with van der Waals surface area (Å²) in [5.74, 6) is -0.626. The molecule has 3 rings (SSSR count). The van der Waals surface area contributed by atoms with Crippen molar-refractivity contribution in [3.8, 4) is 6.07 Å². The fourth-order valence-corrected chi connectivity index (χ4v) is 3.96. The number of carbonyl (C=O) groups excluding carboxylic acids is 2. The van der Waals surface area contributed by atoms with Crippen molar-refractivity contribution in [2.24, 2.45) is 0 Å². The Bertz CT molecular complexity index is 1000. The molecule has 2 aromatic heterocycles. The van der Waals surface area contributed by atoms with Gasteiger partial charge in [-0.05, 0) is 51.3 Å². The summed E-state index contributed by atoms with van der Waals surface area (Å²) in [6, 6.07) is 5.87. The number of aryl methyl sites for hydroxylation is 2. The molecule has 1 amide bonds. The van der Waals surface area contributed by atoms with Crippen LogP contribution in [-0.2, 0) is 14.3 Å². The van der Waals surface area contributed by atoms with E-state index in [-0.39, 0.29) is 11.4 Å². The van der Waals surface area contributed by atoms with E-state index in [0.717, 1.165) is 29.8 Å². The van der Waals surface area contributed by atoms with Gasteiger partial charge in [0, 0.05) is 23.5 Å². The third-order valence-corrected chi connectivity index (χ3v) is 5.33. The number of hydrogen-bond donors (Lipinski definition) is 1. The maximum Gasteiger partial charge on any atom is 0.349 e. The molecule has 0 atom stereocenters. The van der Waals surface area contributed by atoms with E-state index in [0.29, 0.717) is 11.8 Å². The number of nitrogens with zero attached hydrogens (tertiary/aromatic N) is 3. The van der Waals surface area contributed by atoms with E-state index in [1.807, 2.05) is 26.0 Å². The van der Waals surface area contributed by atoms with Crippen molar-refractivity contribution in [2.45, 2.75) is 58.9 Å². The number of nitrogens with one attached hydrogen (secondary N) is 1. The summed E-state index contributed by atoms with van der Waals surface area (Å²) in [5, 5.41) is 15.5. The minimum absolute atomic E-state index is 0.149. The number of hydrogen-bond acceptors (Lipinski definition) is 6. The van der Waals surface area contributed by atoms with Crippen molar-refractivity contribution in [2.75, 3.05) is 11.9 Å². The molecule has 0 bridgehead atoms. The molecule has 8 nitrogen and oxygen atoms in total. The van der Waals surface area contributed by atoms with E-state index < -0.39 is 18.5 Å². The van der Waals surface area contributed by atoms with Crippen molar-refractivity contribution in [3.05, 3.63) is 40.4 Å². The molecule has 0 spiro atoms. The van der Waals surface area contributed by atoms with Crippen LogP contribution in [0.25, 0.3) is 6.08 Å². The van der Waals surface area contributed by atoms with Gasteiger partial charge in [0.15, 0.2) is 12.4 Å². The van der Waals surface area contributed by atoms with Crippen LogP contribution in [-0.4, -0.2) is 28.2 Å². The lowest BCUT2D eigenvalue weighted by Crippen LogP contribution is -2.21. The summed E-state index contributed by atoms with van der Waals surface area (Å²) in [7, 11) is 0. The van der Waals surface area contributed by atoms with E-state index >= 15 is 0 Å². The van der Waals surface area contributed by atoms with E-state index in [1.165, 1.54) is 25.3 Å². The number of rotatable bonds is 6. The second kappa shape index (κ2) is 9.44. The standard InChI is InChI=1S/C22H26N4O4/c1-14-9-17(16(3)26(14)19-7-5-4-6-8-19)11-18(12-23)22(28)29-13-21(27)24-20-10-15(2)30-25-20/h9-11,19H,4-8,13H2,1-3H3,(H,24,25,27)/b18-11+. The average Bonchev–Trinajstić information content (AvgIpc) is 3.26. The number of carbonyl (C=O) groups is 2. The highest BCUT2D eigenvalue weighted by atomic mass is 16.5. The van der Waals surface area contributed by atoms with Crippen LogP contribution in [0.4, 0.5) is 5.82 Å². The lowest BCUT2D eigenvalue weighted by Gasteiger charge is -2.26. The molecule has 1 fully saturated rings. The van der Waals surface area contributed by atoms with Crippen LogP contribution in [0, 0.1) is 32.1 Å². The molecule has 2 aromatic rings. The van der Waals surface area contributed by atoms with Crippen LogP contribution in [0.2, 0.25) is 0 Å². The Morgan fingerprint density at radius 3 is 2.67 bits per heavy atom. The molecule has 0 radical (unpaired) electrons. The van der Waals surface area contributed by atoms with Gasteiger partial charge in [0.25, 0.3) is 5.91 Å². The monoisotopic (exact) mass is 410 g/mol. The molecule has 158 valence electrons. The first-order valence-corrected chi connectivity index (χ1v) is 10.1. The van der Waals surface area contributed by atoms with Crippen LogP contribution >= 0.6 is 0 Å². The SMILES string of the molecule is Cc1cc(NC(=O)COC(=O)/C(C#N)=C/c2cc(C)n(C3CCCCC3)c2C)no1. The average molecular weight is 410 g/mol. The minimum atomic E-state index is -0.841. The third-order valence-electron chi connectivity index (χ3n) is 5.33. The van der Waals surface area contributed by atoms with Gasteiger partial charge in [0.2, 0.25) is 0 Å². The lowest BCUT2D eigenvalue weighted by molar-refractivity contribution is -0.142. The largest absolute Gasteiger partial charge is 0.451 e. The summed E-state index contributed by atoms with van der Waals surface area (Å²) in [5.41, 5.74) is 2.80. The van der Waals surface area contributed by atoms with Gasteiger partial charge in [0.1, 0.15) is 17.4 Å². The van der Waals surface area contributed by atoms with Crippen LogP contribution < -0.4 is 5.32 Å². The molecule has 1 N–H and O–H groups in total. The van der Waals surface area contributed by atoms with Crippen molar-refractivity contribution < 1.29 is 18.8 Å². The Labute approximate surface area is 175 Å². The number of amides is 1. The zero-order valence-electron chi connectivity index (χ0n) is 17.5. The predicted octanol–water partition coefficient (Wildman–Crippen LogP) is 4.00. The van der Waals surface area contributed by atoms with Gasteiger partial charge in [-0.15, -0.1) is 0 Å². The maximum atomic E-state index is 12.3. The van der Waals surface area contributed by atoms with Gasteiger partial charge >= 0.3 is 5.97 Å². The highest BCUT2D eigenvalue weighted by Crippen LogP contribution is 2.32. The van der Waals surface area contributed by atoms with Gasteiger partial charge in [-0.1, -0.05) is 24.4 Å². The van der Waals surface area contributed by atoms with Crippen LogP contribution in [0.5, 0.6) is 0 Å². The molecule has 2 heterocycles. The van der Waals surface area contributed by atoms with Crippen LogP contribution in [0.3, 0.4) is 0 Å². The van der Waals surface area contributed by atoms with Gasteiger partial charge in [-0.2, -0.15) is 5.26 Å². The van der Waals surface area contributed by atoms with Crippen molar-refractivity contribution in [1.82, 2.24) is 9.72 Å². The number of esters is 1. The fraction of sp³-hybridized carbons (Fsp3) is 0.455. The van der Waals surface area contributed by atoms with Crippen molar-refractivity contribution in [3.63, 3.8) is 0 Å². The lowest BCUT2D eigenvalue weighted by atomic mass is 9.95. The Morgan fingerprint density at radius 2 is 2.03 bits per heavy atom. The summed E-state index contributed by atoms with van der Waals surface area (Å²) in [4.78, 5) is 24.2. The fourth-order valence-electron chi connectivity index (χ4n) is 3.96. The second-order valence-electron chi connectivity index (χ2n) is 7.61. The quantitative estimate of drug-likeness (QED) is 0.438. The first kappa shape index (κ1) is 21.4. The molecule has 1 saturated carbocycles. The van der Waals surface area contributed by atoms with E-state index in [1.54, 1.807) is 13.0 Å². The molecule has 0 aromatic carbocycles. The summed E-state index contributed by atoms with van der Waals surface area (Å²) >= 11 is 0. The Balaban J connectivity index is 1.67. The Hall–Kier alpha value is -3.34. The second-order valence-corrected chi connectivity index (χ2v) is 7.61. The Morgan fingerprint density at radius 1 is 1.30 bits per heavy atom. The van der Waals surface area contributed by atoms with E-state index in [4.69, 9.17) is 9.26 Å². The summed E-state index contributed by atoms with van der Waals surface area (Å²) in [6.07, 6.45) is 7.54. The zero-order valence-corrected chi connectivity index (χ0v) is 17.5. The van der Waals surface area contributed by atoms with Crippen molar-refractivity contribution in [1.29, 1.82) is 5.26 Å². The summed E-state index contributed by atoms with van der Waals surface area (Å²) < 4.78 is 12.2. The number of ether oxygens (including phenoxy) is 1. The maximum absolute atomic E-state index is 12.3. The molecule has 0 aliphatic heterocycles. The third kappa shape index (κ3) is 4.98. The Kier molecular flexibility index (Phi) is 6.72. The molecule has 0 saturated heterocycles. The van der Waals surface area contributed by atoms with E-state index in [9.17, 15) is 14.9 Å². The smallest absolute Gasteiger partial charge is 0.349 e. The number of anilines is 1. The molecule has 8 heteroatoms. The molecular weight excluding hydrogens is 384 g/mol. The molecule has 1 aliphatic rings. The highest BCUT2D eigenvalue weighted by Gasteiger charge is 2.21. The molecule has 30 heavy (non-hydrogen) atoms. The van der Waals surface area contributed by atoms with E-state index in [2.05, 4.69) is 15.0 Å². The molecule has 0 unspecified atom stereocenters. The number of nitriles is 1. The van der Waals surface area contributed by atoms with Gasteiger partial charge in [0.05, 0.1) is 0 Å². The van der Waals surface area contributed by atoms with Crippen molar-refractivity contribution >= 4 is 23.8 Å². The topological polar surface area (TPSA) is 110 Å². The van der Waals surface area contributed by atoms with Gasteiger partial charge < -0.3 is 19.1 Å². The minimum Gasteiger partial charge on any atom is -0.451 e. The molecule has 1 aliphatic carbocycles.